The van der Waals surface area contributed by atoms with Crippen molar-refractivity contribution in [2.75, 3.05) is 33.4 Å². The molecular formula is C18H29N3O2. The molecule has 0 saturated carbocycles. The summed E-state index contributed by atoms with van der Waals surface area (Å²) >= 11 is 0. The predicted octanol–water partition coefficient (Wildman–Crippen LogP) is 2.75. The molecule has 0 aromatic heterocycles. The van der Waals surface area contributed by atoms with Crippen LogP contribution in [0.4, 0.5) is 0 Å². The molecule has 1 aromatic carbocycles. The first-order chi connectivity index (χ1) is 11.3. The lowest BCUT2D eigenvalue weighted by Gasteiger charge is -2.19. The minimum atomic E-state index is 0.628. The number of nitrogens with one attached hydrogen (secondary N) is 2. The lowest BCUT2D eigenvalue weighted by Crippen LogP contribution is -2.38. The van der Waals surface area contributed by atoms with E-state index in [4.69, 9.17) is 9.47 Å². The van der Waals surface area contributed by atoms with Crippen molar-refractivity contribution in [3.05, 3.63) is 23.8 Å². The zero-order valence-electron chi connectivity index (χ0n) is 14.4. The molecule has 5 nitrogen and oxygen atoms in total. The third-order valence-electron chi connectivity index (χ3n) is 3.86. The summed E-state index contributed by atoms with van der Waals surface area (Å²) in [5.74, 6) is 2.57. The number of ether oxygens (including phenoxy) is 2. The second-order valence-electron chi connectivity index (χ2n) is 5.71. The van der Waals surface area contributed by atoms with Crippen molar-refractivity contribution in [3.63, 3.8) is 0 Å². The van der Waals surface area contributed by atoms with E-state index in [2.05, 4.69) is 34.7 Å². The van der Waals surface area contributed by atoms with Crippen molar-refractivity contribution in [2.24, 2.45) is 4.99 Å². The van der Waals surface area contributed by atoms with Gasteiger partial charge in [0.05, 0.1) is 0 Å². The Hall–Kier alpha value is -1.91. The van der Waals surface area contributed by atoms with Crippen LogP contribution >= 0.6 is 0 Å². The normalized spacial score (nSPS) is 13.7. The van der Waals surface area contributed by atoms with Crippen LogP contribution in [0.5, 0.6) is 11.5 Å². The third-order valence-corrected chi connectivity index (χ3v) is 3.86. The fourth-order valence-electron chi connectivity index (χ4n) is 2.55. The summed E-state index contributed by atoms with van der Waals surface area (Å²) in [4.78, 5) is 4.26. The maximum Gasteiger partial charge on any atom is 0.190 e. The van der Waals surface area contributed by atoms with E-state index in [-0.39, 0.29) is 0 Å². The molecule has 23 heavy (non-hydrogen) atoms. The highest BCUT2D eigenvalue weighted by molar-refractivity contribution is 5.79. The zero-order valence-corrected chi connectivity index (χ0v) is 14.4. The van der Waals surface area contributed by atoms with Gasteiger partial charge in [0.25, 0.3) is 0 Å². The maximum absolute atomic E-state index is 5.62. The van der Waals surface area contributed by atoms with Crippen LogP contribution in [-0.4, -0.2) is 39.3 Å². The van der Waals surface area contributed by atoms with E-state index in [1.54, 1.807) is 0 Å². The monoisotopic (exact) mass is 319 g/mol. The van der Waals surface area contributed by atoms with Crippen LogP contribution in [0.25, 0.3) is 0 Å². The summed E-state index contributed by atoms with van der Waals surface area (Å²) in [6.45, 7) is 5.31. The predicted molar refractivity (Wildman–Crippen MR) is 94.6 cm³/mol. The molecule has 0 spiro atoms. The van der Waals surface area contributed by atoms with Gasteiger partial charge < -0.3 is 20.1 Å². The Morgan fingerprint density at radius 3 is 2.61 bits per heavy atom. The van der Waals surface area contributed by atoms with Gasteiger partial charge in [-0.1, -0.05) is 32.3 Å². The van der Waals surface area contributed by atoms with E-state index >= 15 is 0 Å². The van der Waals surface area contributed by atoms with Crippen LogP contribution in [-0.2, 0) is 6.42 Å². The molecule has 0 bridgehead atoms. The van der Waals surface area contributed by atoms with Gasteiger partial charge in [0.2, 0.25) is 0 Å². The lowest BCUT2D eigenvalue weighted by atomic mass is 10.1. The van der Waals surface area contributed by atoms with Gasteiger partial charge in [0.15, 0.2) is 17.5 Å². The minimum absolute atomic E-state index is 0.628. The Bertz CT molecular complexity index is 503. The highest BCUT2D eigenvalue weighted by Crippen LogP contribution is 2.30. The Labute approximate surface area is 139 Å². The number of benzene rings is 1. The van der Waals surface area contributed by atoms with Crippen LogP contribution in [0, 0.1) is 0 Å². The van der Waals surface area contributed by atoms with Crippen molar-refractivity contribution in [3.8, 4) is 11.5 Å². The largest absolute Gasteiger partial charge is 0.486 e. The van der Waals surface area contributed by atoms with Crippen LogP contribution < -0.4 is 20.1 Å². The van der Waals surface area contributed by atoms with Crippen molar-refractivity contribution in [2.45, 2.75) is 39.0 Å². The summed E-state index contributed by atoms with van der Waals surface area (Å²) in [5.41, 5.74) is 1.24. The Morgan fingerprint density at radius 2 is 1.83 bits per heavy atom. The summed E-state index contributed by atoms with van der Waals surface area (Å²) < 4.78 is 11.2. The summed E-state index contributed by atoms with van der Waals surface area (Å²) in [6.07, 6.45) is 5.96. The zero-order chi connectivity index (χ0) is 16.3. The highest BCUT2D eigenvalue weighted by atomic mass is 16.6. The summed E-state index contributed by atoms with van der Waals surface area (Å²) in [5, 5.41) is 6.71. The van der Waals surface area contributed by atoms with Crippen molar-refractivity contribution < 1.29 is 9.47 Å². The Morgan fingerprint density at radius 1 is 1.04 bits per heavy atom. The summed E-state index contributed by atoms with van der Waals surface area (Å²) in [6, 6.07) is 6.15. The van der Waals surface area contributed by atoms with E-state index < -0.39 is 0 Å². The van der Waals surface area contributed by atoms with Crippen molar-refractivity contribution in [1.29, 1.82) is 0 Å². The second kappa shape index (κ2) is 9.98. The molecule has 0 unspecified atom stereocenters. The molecule has 0 saturated heterocycles. The van der Waals surface area contributed by atoms with Crippen LogP contribution in [0.3, 0.4) is 0 Å². The number of nitrogens with zero attached hydrogens (tertiary/aromatic N) is 1. The minimum Gasteiger partial charge on any atom is -0.486 e. The van der Waals surface area contributed by atoms with Crippen molar-refractivity contribution >= 4 is 5.96 Å². The average Bonchev–Trinajstić information content (AvgIpc) is 2.60. The third kappa shape index (κ3) is 6.00. The first-order valence-corrected chi connectivity index (χ1v) is 8.66. The smallest absolute Gasteiger partial charge is 0.190 e. The Kier molecular flexibility index (Phi) is 7.57. The van der Waals surface area contributed by atoms with Crippen LogP contribution in [0.15, 0.2) is 23.2 Å². The molecule has 1 aliphatic rings. The number of fused-ring (bicyclic) bond motifs is 1. The van der Waals surface area contributed by atoms with E-state index in [9.17, 15) is 0 Å². The molecule has 2 rings (SSSR count). The van der Waals surface area contributed by atoms with Gasteiger partial charge in [-0.3, -0.25) is 4.99 Å². The van der Waals surface area contributed by atoms with Gasteiger partial charge in [-0.05, 0) is 30.5 Å². The first-order valence-electron chi connectivity index (χ1n) is 8.66. The molecule has 0 atom stereocenters. The topological polar surface area (TPSA) is 54.9 Å². The van der Waals surface area contributed by atoms with Crippen molar-refractivity contribution in [1.82, 2.24) is 10.6 Å². The van der Waals surface area contributed by atoms with Crippen LogP contribution in [0.1, 0.15) is 38.2 Å². The number of hydrogen-bond acceptors (Lipinski definition) is 3. The summed E-state index contributed by atoms with van der Waals surface area (Å²) in [7, 11) is 1.81. The van der Waals surface area contributed by atoms with Gasteiger partial charge >= 0.3 is 0 Å². The molecule has 0 fully saturated rings. The first kappa shape index (κ1) is 17.4. The molecule has 0 aliphatic carbocycles. The van der Waals surface area contributed by atoms with E-state index in [0.29, 0.717) is 13.2 Å². The number of rotatable bonds is 8. The van der Waals surface area contributed by atoms with E-state index in [1.807, 2.05) is 13.1 Å². The molecule has 0 amide bonds. The highest BCUT2D eigenvalue weighted by Gasteiger charge is 2.11. The van der Waals surface area contributed by atoms with Gasteiger partial charge in [-0.2, -0.15) is 0 Å². The number of aliphatic imine (C=N–C) groups is 1. The lowest BCUT2D eigenvalue weighted by molar-refractivity contribution is 0.171. The molecule has 2 N–H and O–H groups in total. The Balaban J connectivity index is 1.69. The van der Waals surface area contributed by atoms with Gasteiger partial charge in [-0.15, -0.1) is 0 Å². The van der Waals surface area contributed by atoms with Gasteiger partial charge in [-0.25, -0.2) is 0 Å². The maximum atomic E-state index is 5.62. The van der Waals surface area contributed by atoms with Gasteiger partial charge in [0.1, 0.15) is 13.2 Å². The van der Waals surface area contributed by atoms with Crippen LogP contribution in [0.2, 0.25) is 0 Å². The second-order valence-corrected chi connectivity index (χ2v) is 5.71. The molecule has 1 heterocycles. The molecule has 128 valence electrons. The number of unbranched alkanes of at least 4 members (excludes halogenated alkanes) is 3. The molecule has 1 aromatic rings. The molecular weight excluding hydrogens is 290 g/mol. The number of hydrogen-bond donors (Lipinski definition) is 2. The fourth-order valence-corrected chi connectivity index (χ4v) is 2.55. The molecule has 1 aliphatic heterocycles. The molecule has 5 heteroatoms. The average molecular weight is 319 g/mol. The number of guanidine groups is 1. The molecule has 0 radical (unpaired) electrons. The van der Waals surface area contributed by atoms with E-state index in [0.717, 1.165) is 37.0 Å². The fraction of sp³-hybridized carbons (Fsp3) is 0.611. The SMILES string of the molecule is CCCCCCNC(=NC)NCCc1ccc2c(c1)OCCO2. The standard InChI is InChI=1S/C18H29N3O2/c1-3-4-5-6-10-20-18(19-2)21-11-9-15-7-8-16-17(14-15)23-13-12-22-16/h7-8,14H,3-6,9-13H2,1-2H3,(H2,19,20,21). The quantitative estimate of drug-likeness (QED) is 0.439. The van der Waals surface area contributed by atoms with E-state index in [1.165, 1.54) is 31.2 Å². The van der Waals surface area contributed by atoms with Gasteiger partial charge in [0, 0.05) is 20.1 Å².